The van der Waals surface area contributed by atoms with Crippen molar-refractivity contribution in [1.82, 2.24) is 10.3 Å². The highest BCUT2D eigenvalue weighted by Crippen LogP contribution is 2.36. The minimum absolute atomic E-state index is 0.103. The predicted octanol–water partition coefficient (Wildman–Crippen LogP) is 6.56. The highest BCUT2D eigenvalue weighted by Gasteiger charge is 2.22. The molecule has 0 saturated heterocycles. The van der Waals surface area contributed by atoms with Gasteiger partial charge in [0.2, 0.25) is 5.91 Å². The average Bonchev–Trinajstić information content (AvgIpc) is 3.36. The zero-order valence-electron chi connectivity index (χ0n) is 15.2. The van der Waals surface area contributed by atoms with Gasteiger partial charge in [-0.2, -0.15) is 0 Å². The minimum atomic E-state index is -0.228. The molecule has 148 valence electrons. The molecule has 2 N–H and O–H groups in total. The molecule has 4 aromatic rings. The van der Waals surface area contributed by atoms with E-state index in [9.17, 15) is 4.79 Å². The smallest absolute Gasteiger partial charge is 0.221 e. The maximum atomic E-state index is 12.7. The number of carbonyl (C=O) groups is 1. The molecule has 29 heavy (non-hydrogen) atoms. The molecule has 0 bridgehead atoms. The van der Waals surface area contributed by atoms with E-state index < -0.39 is 0 Å². The lowest BCUT2D eigenvalue weighted by Crippen LogP contribution is -2.24. The van der Waals surface area contributed by atoms with Gasteiger partial charge in [-0.1, -0.05) is 40.9 Å². The van der Waals surface area contributed by atoms with Gasteiger partial charge < -0.3 is 14.7 Å². The van der Waals surface area contributed by atoms with Crippen LogP contribution in [0.2, 0.25) is 15.1 Å². The number of nitrogens with one attached hydrogen (secondary N) is 2. The highest BCUT2D eigenvalue weighted by molar-refractivity contribution is 6.42. The Kier molecular flexibility index (Phi) is 5.86. The SMILES string of the molecule is O=C(C[C@@H](c1ccc(Cl)c(Cl)c1)c1c[nH]c2ccc(Cl)cc12)NCc1ccco1. The van der Waals surface area contributed by atoms with Gasteiger partial charge in [0.15, 0.2) is 0 Å². The van der Waals surface area contributed by atoms with E-state index in [1.807, 2.05) is 36.5 Å². The molecule has 7 heteroatoms. The van der Waals surface area contributed by atoms with Crippen LogP contribution in [0.4, 0.5) is 0 Å². The van der Waals surface area contributed by atoms with Gasteiger partial charge in [-0.15, -0.1) is 0 Å². The van der Waals surface area contributed by atoms with Crippen molar-refractivity contribution in [3.05, 3.63) is 92.9 Å². The van der Waals surface area contributed by atoms with Gasteiger partial charge in [0.05, 0.1) is 22.9 Å². The topological polar surface area (TPSA) is 58.0 Å². The van der Waals surface area contributed by atoms with E-state index in [2.05, 4.69) is 10.3 Å². The van der Waals surface area contributed by atoms with Crippen molar-refractivity contribution in [3.8, 4) is 0 Å². The largest absolute Gasteiger partial charge is 0.467 e. The lowest BCUT2D eigenvalue weighted by molar-refractivity contribution is -0.121. The molecular weight excluding hydrogens is 431 g/mol. The van der Waals surface area contributed by atoms with Crippen molar-refractivity contribution < 1.29 is 9.21 Å². The van der Waals surface area contributed by atoms with Crippen LogP contribution in [0.3, 0.4) is 0 Å². The standard InChI is InChI=1S/C22H17Cl3N2O2/c23-14-4-6-21-17(9-14)18(12-26-21)16(13-3-5-19(24)20(25)8-13)10-22(28)27-11-15-2-1-7-29-15/h1-9,12,16,26H,10-11H2,(H,27,28)/t16-/m0/s1. The number of hydrogen-bond acceptors (Lipinski definition) is 2. The lowest BCUT2D eigenvalue weighted by Gasteiger charge is -2.18. The summed E-state index contributed by atoms with van der Waals surface area (Å²) in [4.78, 5) is 16.0. The number of fused-ring (bicyclic) bond motifs is 1. The fourth-order valence-corrected chi connectivity index (χ4v) is 3.87. The van der Waals surface area contributed by atoms with Crippen molar-refractivity contribution >= 4 is 51.6 Å². The molecule has 0 unspecified atom stereocenters. The Bertz CT molecular complexity index is 1150. The van der Waals surface area contributed by atoms with E-state index in [4.69, 9.17) is 39.2 Å². The number of aromatic nitrogens is 1. The number of aromatic amines is 1. The summed E-state index contributed by atoms with van der Waals surface area (Å²) < 4.78 is 5.28. The third kappa shape index (κ3) is 4.45. The van der Waals surface area contributed by atoms with E-state index in [0.29, 0.717) is 27.4 Å². The maximum Gasteiger partial charge on any atom is 0.221 e. The zero-order valence-corrected chi connectivity index (χ0v) is 17.5. The van der Waals surface area contributed by atoms with Gasteiger partial charge in [0, 0.05) is 34.5 Å². The fraction of sp³-hybridized carbons (Fsp3) is 0.136. The Morgan fingerprint density at radius 3 is 2.69 bits per heavy atom. The number of hydrogen-bond donors (Lipinski definition) is 2. The molecule has 0 aliphatic heterocycles. The zero-order chi connectivity index (χ0) is 20.4. The van der Waals surface area contributed by atoms with Crippen molar-refractivity contribution in [3.63, 3.8) is 0 Å². The fourth-order valence-electron chi connectivity index (χ4n) is 3.40. The number of furan rings is 1. The van der Waals surface area contributed by atoms with Crippen LogP contribution in [0.15, 0.2) is 65.4 Å². The highest BCUT2D eigenvalue weighted by atomic mass is 35.5. The van der Waals surface area contributed by atoms with Crippen LogP contribution in [0, 0.1) is 0 Å². The molecule has 0 radical (unpaired) electrons. The summed E-state index contributed by atoms with van der Waals surface area (Å²) in [6.45, 7) is 0.333. The molecule has 1 atom stereocenters. The normalized spacial score (nSPS) is 12.2. The summed E-state index contributed by atoms with van der Waals surface area (Å²) in [6, 6.07) is 14.7. The second kappa shape index (κ2) is 8.54. The van der Waals surface area contributed by atoms with Crippen molar-refractivity contribution in [1.29, 1.82) is 0 Å². The summed E-state index contributed by atoms with van der Waals surface area (Å²) in [6.07, 6.45) is 3.72. The van der Waals surface area contributed by atoms with Gasteiger partial charge >= 0.3 is 0 Å². The predicted molar refractivity (Wildman–Crippen MR) is 117 cm³/mol. The Hall–Kier alpha value is -2.40. The summed E-state index contributed by atoms with van der Waals surface area (Å²) in [5.41, 5.74) is 2.81. The lowest BCUT2D eigenvalue weighted by atomic mass is 9.88. The number of carbonyl (C=O) groups excluding carboxylic acids is 1. The molecule has 2 heterocycles. The van der Waals surface area contributed by atoms with Gasteiger partial charge in [0.1, 0.15) is 5.76 Å². The molecule has 0 saturated carbocycles. The second-order valence-corrected chi connectivity index (χ2v) is 7.97. The molecule has 2 aromatic heterocycles. The molecule has 2 aromatic carbocycles. The first-order valence-electron chi connectivity index (χ1n) is 9.02. The van der Waals surface area contributed by atoms with Crippen molar-refractivity contribution in [2.75, 3.05) is 0 Å². The summed E-state index contributed by atoms with van der Waals surface area (Å²) in [7, 11) is 0. The Morgan fingerprint density at radius 1 is 1.07 bits per heavy atom. The summed E-state index contributed by atoms with van der Waals surface area (Å²) in [5, 5.41) is 5.42. The van der Waals surface area contributed by atoms with Crippen LogP contribution in [0.25, 0.3) is 10.9 Å². The first kappa shape index (κ1) is 19.9. The Labute approximate surface area is 182 Å². The van der Waals surface area contributed by atoms with Crippen LogP contribution < -0.4 is 5.32 Å². The van der Waals surface area contributed by atoms with E-state index in [1.54, 1.807) is 24.5 Å². The molecule has 4 rings (SSSR count). The third-order valence-electron chi connectivity index (χ3n) is 4.83. The van der Waals surface area contributed by atoms with Crippen LogP contribution in [-0.4, -0.2) is 10.9 Å². The number of H-pyrrole nitrogens is 1. The third-order valence-corrected chi connectivity index (χ3v) is 5.80. The monoisotopic (exact) mass is 446 g/mol. The summed E-state index contributed by atoms with van der Waals surface area (Å²) in [5.74, 6) is 0.366. The number of halogens is 3. The van der Waals surface area contributed by atoms with Gasteiger partial charge in [0.25, 0.3) is 0 Å². The van der Waals surface area contributed by atoms with E-state index in [1.165, 1.54) is 0 Å². The van der Waals surface area contributed by atoms with E-state index in [0.717, 1.165) is 22.0 Å². The maximum absolute atomic E-state index is 12.7. The first-order valence-corrected chi connectivity index (χ1v) is 10.1. The number of amides is 1. The van der Waals surface area contributed by atoms with Crippen LogP contribution in [0.1, 0.15) is 29.2 Å². The van der Waals surface area contributed by atoms with Crippen molar-refractivity contribution in [2.45, 2.75) is 18.9 Å². The second-order valence-electron chi connectivity index (χ2n) is 6.72. The van der Waals surface area contributed by atoms with Gasteiger partial charge in [-0.25, -0.2) is 0 Å². The van der Waals surface area contributed by atoms with Gasteiger partial charge in [-0.05, 0) is 53.6 Å². The van der Waals surface area contributed by atoms with Crippen molar-refractivity contribution in [2.24, 2.45) is 0 Å². The number of rotatable bonds is 6. The van der Waals surface area contributed by atoms with E-state index >= 15 is 0 Å². The molecule has 1 amide bonds. The van der Waals surface area contributed by atoms with Gasteiger partial charge in [-0.3, -0.25) is 4.79 Å². The van der Waals surface area contributed by atoms with E-state index in [-0.39, 0.29) is 18.2 Å². The molecule has 0 fully saturated rings. The summed E-state index contributed by atoms with van der Waals surface area (Å²) >= 11 is 18.6. The minimum Gasteiger partial charge on any atom is -0.467 e. The molecule has 0 aliphatic rings. The van der Waals surface area contributed by atoms with Crippen LogP contribution in [-0.2, 0) is 11.3 Å². The first-order chi connectivity index (χ1) is 14.0. The molecule has 0 spiro atoms. The molecular formula is C22H17Cl3N2O2. The molecule has 4 nitrogen and oxygen atoms in total. The Balaban J connectivity index is 1.67. The average molecular weight is 448 g/mol. The van der Waals surface area contributed by atoms with Crippen LogP contribution >= 0.6 is 34.8 Å². The quantitative estimate of drug-likeness (QED) is 0.351. The molecule has 0 aliphatic carbocycles. The van der Waals surface area contributed by atoms with Crippen LogP contribution in [0.5, 0.6) is 0 Å². The Morgan fingerprint density at radius 2 is 1.93 bits per heavy atom. The number of benzene rings is 2.